The molecule has 0 bridgehead atoms. The Balaban J connectivity index is 1.76. The zero-order chi connectivity index (χ0) is 12.8. The molecule has 0 aromatic heterocycles. The molecule has 0 heterocycles. The lowest BCUT2D eigenvalue weighted by molar-refractivity contribution is 0.333. The molecule has 0 unspecified atom stereocenters. The van der Waals surface area contributed by atoms with Gasteiger partial charge in [0.2, 0.25) is 0 Å². The van der Waals surface area contributed by atoms with E-state index in [0.717, 1.165) is 23.0 Å². The molecule has 18 heavy (non-hydrogen) atoms. The van der Waals surface area contributed by atoms with E-state index in [1.54, 1.807) is 0 Å². The summed E-state index contributed by atoms with van der Waals surface area (Å²) in [6.45, 7) is 3.38. The zero-order valence-corrected chi connectivity index (χ0v) is 11.1. The van der Waals surface area contributed by atoms with Crippen molar-refractivity contribution in [2.75, 3.05) is 18.5 Å². The van der Waals surface area contributed by atoms with Crippen molar-refractivity contribution in [3.05, 3.63) is 59.1 Å². The van der Waals surface area contributed by atoms with Crippen molar-refractivity contribution in [2.24, 2.45) is 0 Å². The Morgan fingerprint density at radius 1 is 1.06 bits per heavy atom. The molecule has 0 aliphatic heterocycles. The highest BCUT2D eigenvalue weighted by molar-refractivity contribution is 6.33. The van der Waals surface area contributed by atoms with Gasteiger partial charge in [-0.15, -0.1) is 0 Å². The predicted octanol–water partition coefficient (Wildman–Crippen LogP) is 4.14. The summed E-state index contributed by atoms with van der Waals surface area (Å²) in [6.07, 6.45) is 0. The lowest BCUT2D eigenvalue weighted by Gasteiger charge is -2.09. The van der Waals surface area contributed by atoms with Gasteiger partial charge in [-0.25, -0.2) is 0 Å². The second kappa shape index (κ2) is 6.31. The summed E-state index contributed by atoms with van der Waals surface area (Å²) in [5.41, 5.74) is 2.17. The van der Waals surface area contributed by atoms with Crippen molar-refractivity contribution >= 4 is 17.3 Å². The molecule has 1 N–H and O–H groups in total. The summed E-state index contributed by atoms with van der Waals surface area (Å²) in [4.78, 5) is 0. The Labute approximate surface area is 113 Å². The van der Waals surface area contributed by atoms with Gasteiger partial charge in [-0.1, -0.05) is 41.4 Å². The first-order chi connectivity index (χ1) is 8.75. The summed E-state index contributed by atoms with van der Waals surface area (Å²) in [6, 6.07) is 15.7. The maximum atomic E-state index is 6.03. The van der Waals surface area contributed by atoms with Crippen LogP contribution in [0.3, 0.4) is 0 Å². The third-order valence-electron chi connectivity index (χ3n) is 2.58. The molecule has 2 nitrogen and oxygen atoms in total. The Bertz CT molecular complexity index is 496. The third kappa shape index (κ3) is 3.67. The van der Waals surface area contributed by atoms with Gasteiger partial charge in [0, 0.05) is 6.54 Å². The van der Waals surface area contributed by atoms with Gasteiger partial charge in [0.25, 0.3) is 0 Å². The van der Waals surface area contributed by atoms with E-state index in [2.05, 4.69) is 12.2 Å². The fraction of sp³-hybridized carbons (Fsp3) is 0.200. The van der Waals surface area contributed by atoms with Crippen molar-refractivity contribution < 1.29 is 4.74 Å². The van der Waals surface area contributed by atoms with Crippen LogP contribution in [0.5, 0.6) is 5.75 Å². The van der Waals surface area contributed by atoms with Crippen LogP contribution < -0.4 is 10.1 Å². The minimum absolute atomic E-state index is 0.605. The van der Waals surface area contributed by atoms with E-state index in [9.17, 15) is 0 Å². The predicted molar refractivity (Wildman–Crippen MR) is 76.6 cm³/mol. The SMILES string of the molecule is Cc1ccc(OCCNc2ccccc2Cl)cc1. The van der Waals surface area contributed by atoms with E-state index < -0.39 is 0 Å². The molecule has 2 aromatic carbocycles. The summed E-state index contributed by atoms with van der Waals surface area (Å²) < 4.78 is 5.62. The minimum Gasteiger partial charge on any atom is -0.492 e. The lowest BCUT2D eigenvalue weighted by atomic mass is 10.2. The summed E-state index contributed by atoms with van der Waals surface area (Å²) in [5.74, 6) is 0.890. The van der Waals surface area contributed by atoms with Gasteiger partial charge >= 0.3 is 0 Å². The molecule has 0 spiro atoms. The van der Waals surface area contributed by atoms with Crippen LogP contribution in [-0.2, 0) is 0 Å². The molecule has 94 valence electrons. The number of ether oxygens (including phenoxy) is 1. The summed E-state index contributed by atoms with van der Waals surface area (Å²) in [7, 11) is 0. The number of aryl methyl sites for hydroxylation is 1. The average Bonchev–Trinajstić information content (AvgIpc) is 2.39. The third-order valence-corrected chi connectivity index (χ3v) is 2.91. The topological polar surface area (TPSA) is 21.3 Å². The molecule has 0 fully saturated rings. The zero-order valence-electron chi connectivity index (χ0n) is 10.3. The second-order valence-corrected chi connectivity index (χ2v) is 4.48. The molecular formula is C15H16ClNO. The maximum absolute atomic E-state index is 6.03. The summed E-state index contributed by atoms with van der Waals surface area (Å²) >= 11 is 6.03. The van der Waals surface area contributed by atoms with Crippen LogP contribution in [-0.4, -0.2) is 13.2 Å². The molecule has 0 radical (unpaired) electrons. The van der Waals surface area contributed by atoms with Crippen molar-refractivity contribution in [2.45, 2.75) is 6.92 Å². The molecule has 0 amide bonds. The first kappa shape index (κ1) is 12.8. The average molecular weight is 262 g/mol. The Hall–Kier alpha value is -1.67. The normalized spacial score (nSPS) is 10.1. The van der Waals surface area contributed by atoms with E-state index in [1.165, 1.54) is 5.56 Å². The van der Waals surface area contributed by atoms with Gasteiger partial charge in [-0.3, -0.25) is 0 Å². The van der Waals surface area contributed by atoms with Crippen molar-refractivity contribution in [1.29, 1.82) is 0 Å². The molecule has 3 heteroatoms. The smallest absolute Gasteiger partial charge is 0.119 e. The number of para-hydroxylation sites is 1. The van der Waals surface area contributed by atoms with Crippen molar-refractivity contribution in [3.63, 3.8) is 0 Å². The minimum atomic E-state index is 0.605. The van der Waals surface area contributed by atoms with E-state index in [-0.39, 0.29) is 0 Å². The quantitative estimate of drug-likeness (QED) is 0.817. The number of rotatable bonds is 5. The molecule has 2 rings (SSSR count). The van der Waals surface area contributed by atoms with E-state index >= 15 is 0 Å². The van der Waals surface area contributed by atoms with Gasteiger partial charge in [-0.2, -0.15) is 0 Å². The van der Waals surface area contributed by atoms with Crippen LogP contribution in [0.25, 0.3) is 0 Å². The van der Waals surface area contributed by atoms with Gasteiger partial charge in [0.15, 0.2) is 0 Å². The molecule has 2 aromatic rings. The molecule has 0 aliphatic rings. The van der Waals surface area contributed by atoms with Crippen LogP contribution in [0.4, 0.5) is 5.69 Å². The highest BCUT2D eigenvalue weighted by atomic mass is 35.5. The van der Waals surface area contributed by atoms with Crippen molar-refractivity contribution in [1.82, 2.24) is 0 Å². The first-order valence-corrected chi connectivity index (χ1v) is 6.31. The molecular weight excluding hydrogens is 246 g/mol. The van der Waals surface area contributed by atoms with Gasteiger partial charge in [0.1, 0.15) is 12.4 Å². The molecule has 0 atom stereocenters. The Morgan fingerprint density at radius 3 is 2.50 bits per heavy atom. The number of hydrogen-bond donors (Lipinski definition) is 1. The van der Waals surface area contributed by atoms with Crippen LogP contribution in [0, 0.1) is 6.92 Å². The van der Waals surface area contributed by atoms with Crippen LogP contribution in [0.15, 0.2) is 48.5 Å². The second-order valence-electron chi connectivity index (χ2n) is 4.07. The highest BCUT2D eigenvalue weighted by Gasteiger charge is 1.97. The number of anilines is 1. The number of hydrogen-bond acceptors (Lipinski definition) is 2. The van der Waals surface area contributed by atoms with E-state index in [1.807, 2.05) is 48.5 Å². The van der Waals surface area contributed by atoms with Gasteiger partial charge in [0.05, 0.1) is 10.7 Å². The van der Waals surface area contributed by atoms with Gasteiger partial charge < -0.3 is 10.1 Å². The van der Waals surface area contributed by atoms with Crippen LogP contribution in [0.2, 0.25) is 5.02 Å². The van der Waals surface area contributed by atoms with E-state index in [0.29, 0.717) is 6.61 Å². The lowest BCUT2D eigenvalue weighted by Crippen LogP contribution is -2.11. The molecule has 0 saturated carbocycles. The van der Waals surface area contributed by atoms with Crippen molar-refractivity contribution in [3.8, 4) is 5.75 Å². The fourth-order valence-electron chi connectivity index (χ4n) is 1.59. The Morgan fingerprint density at radius 2 is 1.78 bits per heavy atom. The standard InChI is InChI=1S/C15H16ClNO/c1-12-6-8-13(9-7-12)18-11-10-17-15-5-3-2-4-14(15)16/h2-9,17H,10-11H2,1H3. The van der Waals surface area contributed by atoms with Gasteiger partial charge in [-0.05, 0) is 31.2 Å². The summed E-state index contributed by atoms with van der Waals surface area (Å²) in [5, 5.41) is 3.97. The highest BCUT2D eigenvalue weighted by Crippen LogP contribution is 2.20. The fourth-order valence-corrected chi connectivity index (χ4v) is 1.80. The van der Waals surface area contributed by atoms with E-state index in [4.69, 9.17) is 16.3 Å². The largest absolute Gasteiger partial charge is 0.492 e. The monoisotopic (exact) mass is 261 g/mol. The number of nitrogens with one attached hydrogen (secondary N) is 1. The van der Waals surface area contributed by atoms with Crippen LogP contribution in [0.1, 0.15) is 5.56 Å². The molecule has 0 aliphatic carbocycles. The van der Waals surface area contributed by atoms with Crippen LogP contribution >= 0.6 is 11.6 Å². The number of halogens is 1. The Kier molecular flexibility index (Phi) is 4.48. The number of benzene rings is 2. The maximum Gasteiger partial charge on any atom is 0.119 e. The molecule has 0 saturated heterocycles. The first-order valence-electron chi connectivity index (χ1n) is 5.93.